The van der Waals surface area contributed by atoms with Crippen molar-refractivity contribution in [3.63, 3.8) is 0 Å². The van der Waals surface area contributed by atoms with Gasteiger partial charge in [0.25, 0.3) is 0 Å². The van der Waals surface area contributed by atoms with Crippen molar-refractivity contribution in [2.75, 3.05) is 13.2 Å². The average Bonchev–Trinajstić information content (AvgIpc) is 2.44. The van der Waals surface area contributed by atoms with E-state index in [0.717, 1.165) is 25.7 Å². The Labute approximate surface area is 135 Å². The summed E-state index contributed by atoms with van der Waals surface area (Å²) < 4.78 is 5.56. The van der Waals surface area contributed by atoms with Crippen molar-refractivity contribution < 1.29 is 19.7 Å². The van der Waals surface area contributed by atoms with Gasteiger partial charge in [0.2, 0.25) is 0 Å². The number of carbonyl (C=O) groups excluding carboxylic acids is 1. The quantitative estimate of drug-likeness (QED) is 0.708. The molecule has 130 valence electrons. The van der Waals surface area contributed by atoms with E-state index in [1.54, 1.807) is 6.92 Å². The Morgan fingerprint density at radius 1 is 1.14 bits per heavy atom. The molecule has 1 atom stereocenters. The summed E-state index contributed by atoms with van der Waals surface area (Å²) in [6.45, 7) is 10.3. The lowest BCUT2D eigenvalue weighted by Gasteiger charge is -2.36. The van der Waals surface area contributed by atoms with Crippen molar-refractivity contribution in [2.24, 2.45) is 22.7 Å². The van der Waals surface area contributed by atoms with Crippen molar-refractivity contribution in [1.82, 2.24) is 0 Å². The zero-order valence-electron chi connectivity index (χ0n) is 14.9. The zero-order chi connectivity index (χ0) is 17.0. The van der Waals surface area contributed by atoms with Crippen molar-refractivity contribution >= 4 is 5.97 Å². The highest BCUT2D eigenvalue weighted by Gasteiger charge is 2.38. The number of aliphatic hydroxyl groups excluding tert-OH is 2. The minimum Gasteiger partial charge on any atom is -0.465 e. The van der Waals surface area contributed by atoms with Gasteiger partial charge in [0.05, 0.1) is 18.1 Å². The maximum Gasteiger partial charge on any atom is 0.311 e. The second kappa shape index (κ2) is 7.78. The smallest absolute Gasteiger partial charge is 0.311 e. The van der Waals surface area contributed by atoms with Gasteiger partial charge in [-0.15, -0.1) is 0 Å². The van der Waals surface area contributed by atoms with Crippen LogP contribution in [0.3, 0.4) is 0 Å². The summed E-state index contributed by atoms with van der Waals surface area (Å²) in [5, 5.41) is 19.0. The van der Waals surface area contributed by atoms with E-state index in [1.165, 1.54) is 0 Å². The molecule has 0 heterocycles. The lowest BCUT2D eigenvalue weighted by molar-refractivity contribution is -0.158. The number of hydrogen-bond donors (Lipinski definition) is 2. The van der Waals surface area contributed by atoms with Gasteiger partial charge >= 0.3 is 5.97 Å². The zero-order valence-corrected chi connectivity index (χ0v) is 14.9. The maximum absolute atomic E-state index is 12.4. The van der Waals surface area contributed by atoms with Gasteiger partial charge in [-0.3, -0.25) is 4.79 Å². The molecule has 0 radical (unpaired) electrons. The summed E-state index contributed by atoms with van der Waals surface area (Å²) in [6, 6.07) is 0. The first-order chi connectivity index (χ1) is 10.1. The predicted molar refractivity (Wildman–Crippen MR) is 87.4 cm³/mol. The fraction of sp³-hybridized carbons (Fsp3) is 0.944. The number of ether oxygens (including phenoxy) is 1. The van der Waals surface area contributed by atoms with Crippen molar-refractivity contribution in [2.45, 2.75) is 72.8 Å². The number of carbonyl (C=O) groups is 1. The lowest BCUT2D eigenvalue weighted by atomic mass is 9.72. The molecule has 1 aliphatic rings. The van der Waals surface area contributed by atoms with E-state index >= 15 is 0 Å². The van der Waals surface area contributed by atoms with Crippen LogP contribution in [0.25, 0.3) is 0 Å². The molecule has 1 unspecified atom stereocenters. The van der Waals surface area contributed by atoms with Gasteiger partial charge in [0, 0.05) is 6.61 Å². The minimum atomic E-state index is -0.594. The van der Waals surface area contributed by atoms with Crippen LogP contribution in [0.2, 0.25) is 0 Å². The van der Waals surface area contributed by atoms with Gasteiger partial charge in [0.15, 0.2) is 0 Å². The summed E-state index contributed by atoms with van der Waals surface area (Å²) in [7, 11) is 0. The van der Waals surface area contributed by atoms with Crippen molar-refractivity contribution in [3.8, 4) is 0 Å². The van der Waals surface area contributed by atoms with Gasteiger partial charge in [0.1, 0.15) is 0 Å². The minimum absolute atomic E-state index is 0.175. The van der Waals surface area contributed by atoms with E-state index in [1.807, 2.05) is 27.7 Å². The number of hydrogen-bond acceptors (Lipinski definition) is 4. The molecule has 1 aliphatic carbocycles. The maximum atomic E-state index is 12.4. The molecule has 0 saturated heterocycles. The van der Waals surface area contributed by atoms with Gasteiger partial charge in [-0.25, -0.2) is 0 Å². The summed E-state index contributed by atoms with van der Waals surface area (Å²) in [5.74, 6) is 0.674. The normalized spacial score (nSPS) is 24.9. The molecule has 1 saturated carbocycles. The molecule has 4 nitrogen and oxygen atoms in total. The third-order valence-corrected chi connectivity index (χ3v) is 5.26. The Balaban J connectivity index is 2.44. The summed E-state index contributed by atoms with van der Waals surface area (Å²) in [4.78, 5) is 12.4. The SMILES string of the molecule is CC(O)C(C)(C)CC(C)(C)C(=O)OCC1CCC(CO)CC1. The molecule has 0 spiro atoms. The van der Waals surface area contributed by atoms with Crippen molar-refractivity contribution in [3.05, 3.63) is 0 Å². The highest BCUT2D eigenvalue weighted by atomic mass is 16.5. The van der Waals surface area contributed by atoms with Crippen LogP contribution < -0.4 is 0 Å². The van der Waals surface area contributed by atoms with Crippen LogP contribution in [0.5, 0.6) is 0 Å². The Kier molecular flexibility index (Phi) is 6.87. The number of rotatable bonds is 7. The van der Waals surface area contributed by atoms with E-state index in [2.05, 4.69) is 0 Å². The monoisotopic (exact) mass is 314 g/mol. The Morgan fingerprint density at radius 3 is 2.09 bits per heavy atom. The lowest BCUT2D eigenvalue weighted by Crippen LogP contribution is -2.37. The van der Waals surface area contributed by atoms with Crippen LogP contribution >= 0.6 is 0 Å². The van der Waals surface area contributed by atoms with E-state index in [9.17, 15) is 9.90 Å². The van der Waals surface area contributed by atoms with Crippen molar-refractivity contribution in [1.29, 1.82) is 0 Å². The van der Waals surface area contributed by atoms with Crippen LogP contribution in [0.4, 0.5) is 0 Å². The van der Waals surface area contributed by atoms with Crippen LogP contribution in [-0.2, 0) is 9.53 Å². The molecular weight excluding hydrogens is 280 g/mol. The number of esters is 1. The van der Waals surface area contributed by atoms with Crippen LogP contribution in [-0.4, -0.2) is 35.5 Å². The summed E-state index contributed by atoms with van der Waals surface area (Å²) in [6.07, 6.45) is 4.23. The first-order valence-corrected chi connectivity index (χ1v) is 8.54. The fourth-order valence-electron chi connectivity index (χ4n) is 3.33. The Hall–Kier alpha value is -0.610. The van der Waals surface area contributed by atoms with E-state index < -0.39 is 11.5 Å². The average molecular weight is 314 g/mol. The van der Waals surface area contributed by atoms with Gasteiger partial charge < -0.3 is 14.9 Å². The summed E-state index contributed by atoms with van der Waals surface area (Å²) >= 11 is 0. The molecule has 0 bridgehead atoms. The molecule has 0 amide bonds. The largest absolute Gasteiger partial charge is 0.465 e. The highest BCUT2D eigenvalue weighted by molar-refractivity contribution is 5.76. The molecule has 0 aromatic heterocycles. The molecule has 1 fully saturated rings. The topological polar surface area (TPSA) is 66.8 Å². The standard InChI is InChI=1S/C18H34O4/c1-13(20)17(2,3)12-18(4,5)16(21)22-11-15-8-6-14(10-19)7-9-15/h13-15,19-20H,6-12H2,1-5H3. The first-order valence-electron chi connectivity index (χ1n) is 8.54. The number of aliphatic hydroxyl groups is 2. The third kappa shape index (κ3) is 5.54. The second-order valence-corrected chi connectivity index (χ2v) is 8.39. The fourth-order valence-corrected chi connectivity index (χ4v) is 3.33. The molecular formula is C18H34O4. The first kappa shape index (κ1) is 19.4. The molecule has 2 N–H and O–H groups in total. The third-order valence-electron chi connectivity index (χ3n) is 5.26. The molecule has 22 heavy (non-hydrogen) atoms. The second-order valence-electron chi connectivity index (χ2n) is 8.39. The Morgan fingerprint density at radius 2 is 1.64 bits per heavy atom. The summed E-state index contributed by atoms with van der Waals surface area (Å²) in [5.41, 5.74) is -0.912. The molecule has 1 rings (SSSR count). The van der Waals surface area contributed by atoms with E-state index in [4.69, 9.17) is 9.84 Å². The molecule has 4 heteroatoms. The highest BCUT2D eigenvalue weighted by Crippen LogP contribution is 2.37. The van der Waals surface area contributed by atoms with Crippen LogP contribution in [0.1, 0.15) is 66.7 Å². The van der Waals surface area contributed by atoms with Gasteiger partial charge in [-0.2, -0.15) is 0 Å². The molecule has 0 aromatic rings. The van der Waals surface area contributed by atoms with E-state index in [-0.39, 0.29) is 18.0 Å². The van der Waals surface area contributed by atoms with E-state index in [0.29, 0.717) is 24.9 Å². The van der Waals surface area contributed by atoms with Gasteiger partial charge in [-0.1, -0.05) is 13.8 Å². The van der Waals surface area contributed by atoms with Gasteiger partial charge in [-0.05, 0) is 70.1 Å². The Bertz CT molecular complexity index is 352. The van der Waals surface area contributed by atoms with Crippen LogP contribution in [0.15, 0.2) is 0 Å². The van der Waals surface area contributed by atoms with Crippen LogP contribution in [0, 0.1) is 22.7 Å². The molecule has 0 aliphatic heterocycles. The molecule has 0 aromatic carbocycles. The predicted octanol–water partition coefficient (Wildman–Crippen LogP) is 3.15.